The molecule has 0 bridgehead atoms. The minimum Gasteiger partial charge on any atom is -0.482 e. The van der Waals surface area contributed by atoms with Gasteiger partial charge < -0.3 is 10.1 Å². The van der Waals surface area contributed by atoms with Crippen LogP contribution in [-0.4, -0.2) is 19.1 Å². The third-order valence-corrected chi connectivity index (χ3v) is 3.76. The Morgan fingerprint density at radius 2 is 2.25 bits per heavy atom. The van der Waals surface area contributed by atoms with E-state index in [1.54, 1.807) is 11.3 Å². The summed E-state index contributed by atoms with van der Waals surface area (Å²) in [6, 6.07) is 7.77. The number of thiophene rings is 1. The van der Waals surface area contributed by atoms with Crippen LogP contribution < -0.4 is 10.1 Å². The number of hydrogen-bond donors (Lipinski definition) is 1. The van der Waals surface area contributed by atoms with E-state index >= 15 is 0 Å². The van der Waals surface area contributed by atoms with E-state index in [9.17, 15) is 9.18 Å². The smallest absolute Gasteiger partial charge is 0.257 e. The number of rotatable bonds is 6. The monoisotopic (exact) mass is 313 g/mol. The molecule has 0 saturated heterocycles. The maximum Gasteiger partial charge on any atom is 0.257 e. The predicted octanol–water partition coefficient (Wildman–Crippen LogP) is 3.28. The molecule has 20 heavy (non-hydrogen) atoms. The molecule has 0 aliphatic rings. The minimum absolute atomic E-state index is 0.143. The van der Waals surface area contributed by atoms with Crippen molar-refractivity contribution in [2.24, 2.45) is 0 Å². The van der Waals surface area contributed by atoms with Crippen molar-refractivity contribution in [3.8, 4) is 5.75 Å². The molecule has 2 aromatic rings. The lowest BCUT2D eigenvalue weighted by Crippen LogP contribution is -2.30. The zero-order valence-electron chi connectivity index (χ0n) is 10.6. The predicted molar refractivity (Wildman–Crippen MR) is 77.9 cm³/mol. The van der Waals surface area contributed by atoms with Crippen LogP contribution in [0.25, 0.3) is 0 Å². The standard InChI is InChI=1S/C14H13ClFNO2S/c15-12-8-10(16)3-4-13(12)19-9-14(18)17-6-5-11-2-1-7-20-11/h1-4,7-8H,5-6,9H2,(H,17,18). The van der Waals surface area contributed by atoms with Crippen LogP contribution in [0.4, 0.5) is 4.39 Å². The summed E-state index contributed by atoms with van der Waals surface area (Å²) >= 11 is 7.44. The van der Waals surface area contributed by atoms with E-state index in [4.69, 9.17) is 16.3 Å². The van der Waals surface area contributed by atoms with Crippen LogP contribution in [-0.2, 0) is 11.2 Å². The topological polar surface area (TPSA) is 38.3 Å². The lowest BCUT2D eigenvalue weighted by atomic mass is 10.3. The van der Waals surface area contributed by atoms with E-state index in [0.717, 1.165) is 12.5 Å². The van der Waals surface area contributed by atoms with Crippen LogP contribution in [0.5, 0.6) is 5.75 Å². The molecule has 0 fully saturated rings. The molecular weight excluding hydrogens is 301 g/mol. The maximum atomic E-state index is 12.8. The molecule has 6 heteroatoms. The fraction of sp³-hybridized carbons (Fsp3) is 0.214. The normalized spacial score (nSPS) is 10.3. The molecule has 2 rings (SSSR count). The van der Waals surface area contributed by atoms with Gasteiger partial charge in [0.1, 0.15) is 11.6 Å². The van der Waals surface area contributed by atoms with E-state index in [-0.39, 0.29) is 17.5 Å². The van der Waals surface area contributed by atoms with Crippen molar-refractivity contribution in [2.75, 3.05) is 13.2 Å². The number of carbonyl (C=O) groups is 1. The van der Waals surface area contributed by atoms with Crippen molar-refractivity contribution >= 4 is 28.8 Å². The van der Waals surface area contributed by atoms with Crippen LogP contribution in [0.15, 0.2) is 35.7 Å². The summed E-state index contributed by atoms with van der Waals surface area (Å²) in [6.45, 7) is 0.412. The third kappa shape index (κ3) is 4.51. The van der Waals surface area contributed by atoms with Crippen molar-refractivity contribution in [3.05, 3.63) is 51.4 Å². The minimum atomic E-state index is -0.442. The number of ether oxygens (including phenoxy) is 1. The molecule has 1 heterocycles. The van der Waals surface area contributed by atoms with Gasteiger partial charge in [0, 0.05) is 11.4 Å². The Balaban J connectivity index is 1.72. The van der Waals surface area contributed by atoms with Gasteiger partial charge in [-0.05, 0) is 36.1 Å². The van der Waals surface area contributed by atoms with Crippen molar-refractivity contribution in [1.29, 1.82) is 0 Å². The highest BCUT2D eigenvalue weighted by Gasteiger charge is 2.06. The number of amides is 1. The molecule has 3 nitrogen and oxygen atoms in total. The summed E-state index contributed by atoms with van der Waals surface area (Å²) in [5.41, 5.74) is 0. The first-order chi connectivity index (χ1) is 9.65. The van der Waals surface area contributed by atoms with Crippen molar-refractivity contribution < 1.29 is 13.9 Å². The number of nitrogens with one attached hydrogen (secondary N) is 1. The third-order valence-electron chi connectivity index (χ3n) is 2.53. The van der Waals surface area contributed by atoms with Gasteiger partial charge in [-0.3, -0.25) is 4.79 Å². The van der Waals surface area contributed by atoms with Gasteiger partial charge in [-0.25, -0.2) is 4.39 Å². The summed E-state index contributed by atoms with van der Waals surface area (Å²) in [6.07, 6.45) is 0.792. The second-order valence-corrected chi connectivity index (χ2v) is 5.48. The highest BCUT2D eigenvalue weighted by atomic mass is 35.5. The Hall–Kier alpha value is -1.59. The number of carbonyl (C=O) groups excluding carboxylic acids is 1. The van der Waals surface area contributed by atoms with Crippen LogP contribution >= 0.6 is 22.9 Å². The van der Waals surface area contributed by atoms with Gasteiger partial charge in [-0.15, -0.1) is 11.3 Å². The second kappa shape index (κ2) is 7.26. The first-order valence-corrected chi connectivity index (χ1v) is 7.28. The highest BCUT2D eigenvalue weighted by Crippen LogP contribution is 2.24. The van der Waals surface area contributed by atoms with Gasteiger partial charge in [-0.2, -0.15) is 0 Å². The van der Waals surface area contributed by atoms with Crippen LogP contribution in [0.3, 0.4) is 0 Å². The second-order valence-electron chi connectivity index (χ2n) is 4.04. The fourth-order valence-electron chi connectivity index (χ4n) is 1.57. The molecular formula is C14H13ClFNO2S. The SMILES string of the molecule is O=C(COc1ccc(F)cc1Cl)NCCc1cccs1. The lowest BCUT2D eigenvalue weighted by Gasteiger charge is -2.08. The van der Waals surface area contributed by atoms with Gasteiger partial charge in [0.15, 0.2) is 6.61 Å². The van der Waals surface area contributed by atoms with E-state index in [2.05, 4.69) is 5.32 Å². The molecule has 0 atom stereocenters. The van der Waals surface area contributed by atoms with Gasteiger partial charge in [0.25, 0.3) is 5.91 Å². The molecule has 0 unspecified atom stereocenters. The average molecular weight is 314 g/mol. The van der Waals surface area contributed by atoms with Crippen LogP contribution in [0.1, 0.15) is 4.88 Å². The van der Waals surface area contributed by atoms with Crippen molar-refractivity contribution in [1.82, 2.24) is 5.32 Å². The summed E-state index contributed by atoms with van der Waals surface area (Å²) < 4.78 is 18.1. The van der Waals surface area contributed by atoms with Crippen LogP contribution in [0, 0.1) is 5.82 Å². The Bertz CT molecular complexity index is 575. The molecule has 0 spiro atoms. The number of hydrogen-bond acceptors (Lipinski definition) is 3. The van der Waals surface area contributed by atoms with Gasteiger partial charge in [0.05, 0.1) is 5.02 Å². The molecule has 106 valence electrons. The van der Waals surface area contributed by atoms with Gasteiger partial charge in [-0.1, -0.05) is 17.7 Å². The summed E-state index contributed by atoms with van der Waals surface area (Å²) in [4.78, 5) is 12.8. The van der Waals surface area contributed by atoms with Crippen molar-refractivity contribution in [2.45, 2.75) is 6.42 Å². The van der Waals surface area contributed by atoms with Gasteiger partial charge in [0.2, 0.25) is 0 Å². The van der Waals surface area contributed by atoms with Gasteiger partial charge >= 0.3 is 0 Å². The quantitative estimate of drug-likeness (QED) is 0.889. The Morgan fingerprint density at radius 3 is 2.95 bits per heavy atom. The average Bonchev–Trinajstić information content (AvgIpc) is 2.91. The Labute approximate surface area is 125 Å². The molecule has 1 aromatic heterocycles. The van der Waals surface area contributed by atoms with E-state index < -0.39 is 5.82 Å². The molecule has 0 aliphatic carbocycles. The zero-order chi connectivity index (χ0) is 14.4. The maximum absolute atomic E-state index is 12.8. The largest absolute Gasteiger partial charge is 0.482 e. The zero-order valence-corrected chi connectivity index (χ0v) is 12.1. The highest BCUT2D eigenvalue weighted by molar-refractivity contribution is 7.09. The fourth-order valence-corrected chi connectivity index (χ4v) is 2.50. The summed E-state index contributed by atoms with van der Waals surface area (Å²) in [7, 11) is 0. The molecule has 1 amide bonds. The van der Waals surface area contributed by atoms with E-state index in [1.165, 1.54) is 17.0 Å². The molecule has 0 radical (unpaired) electrons. The van der Waals surface area contributed by atoms with Crippen molar-refractivity contribution in [3.63, 3.8) is 0 Å². The Morgan fingerprint density at radius 1 is 1.40 bits per heavy atom. The molecule has 0 saturated carbocycles. The molecule has 1 aromatic carbocycles. The number of benzene rings is 1. The van der Waals surface area contributed by atoms with Crippen LogP contribution in [0.2, 0.25) is 5.02 Å². The lowest BCUT2D eigenvalue weighted by molar-refractivity contribution is -0.123. The first-order valence-electron chi connectivity index (χ1n) is 6.02. The van der Waals surface area contributed by atoms with E-state index in [0.29, 0.717) is 12.3 Å². The Kier molecular flexibility index (Phi) is 5.38. The molecule has 0 aliphatic heterocycles. The number of halogens is 2. The summed E-state index contributed by atoms with van der Waals surface area (Å²) in [5.74, 6) is -0.383. The first kappa shape index (κ1) is 14.8. The summed E-state index contributed by atoms with van der Waals surface area (Å²) in [5, 5.41) is 4.89. The molecule has 1 N–H and O–H groups in total. The van der Waals surface area contributed by atoms with E-state index in [1.807, 2.05) is 17.5 Å².